The molecule has 146 valence electrons. The minimum Gasteiger partial charge on any atom is -0.355 e. The molecule has 1 saturated heterocycles. The third-order valence-corrected chi connectivity index (χ3v) is 5.21. The molecule has 0 spiro atoms. The molecule has 0 unspecified atom stereocenters. The van der Waals surface area contributed by atoms with E-state index in [-0.39, 0.29) is 5.91 Å². The molecular weight excluding hydrogens is 362 g/mol. The summed E-state index contributed by atoms with van der Waals surface area (Å²) in [6, 6.07) is 19.4. The standard InChI is InChI=1S/C23H23N5O/c24-15-18(23(29)25-16-17-9-3-1-4-10-17)21-22(28-13-7-2-8-14-28)27-20-12-6-5-11-19(20)26-21/h1,3-6,9-12,18H,2,7-8,13-14,16H2,(H,25,29)/t18-/m1/s1. The number of benzene rings is 2. The van der Waals surface area contributed by atoms with Gasteiger partial charge in [0.15, 0.2) is 11.7 Å². The zero-order valence-corrected chi connectivity index (χ0v) is 16.2. The highest BCUT2D eigenvalue weighted by Gasteiger charge is 2.29. The number of carbonyl (C=O) groups is 1. The maximum absolute atomic E-state index is 12.9. The van der Waals surface area contributed by atoms with E-state index in [1.54, 1.807) is 0 Å². The van der Waals surface area contributed by atoms with Crippen molar-refractivity contribution >= 4 is 22.8 Å². The molecule has 1 N–H and O–H groups in total. The topological polar surface area (TPSA) is 81.9 Å². The van der Waals surface area contributed by atoms with Crippen molar-refractivity contribution in [1.82, 2.24) is 15.3 Å². The van der Waals surface area contributed by atoms with E-state index in [0.717, 1.165) is 37.0 Å². The molecule has 1 aliphatic rings. The minimum absolute atomic E-state index is 0.348. The summed E-state index contributed by atoms with van der Waals surface area (Å²) in [6.45, 7) is 2.10. The Bertz CT molecular complexity index is 1040. The highest BCUT2D eigenvalue weighted by molar-refractivity contribution is 5.88. The number of rotatable bonds is 5. The third kappa shape index (κ3) is 4.19. The lowest BCUT2D eigenvalue weighted by Gasteiger charge is -2.29. The maximum atomic E-state index is 12.9. The Kier molecular flexibility index (Phi) is 5.66. The Balaban J connectivity index is 1.67. The lowest BCUT2D eigenvalue weighted by Crippen LogP contribution is -2.34. The van der Waals surface area contributed by atoms with Crippen LogP contribution in [0.3, 0.4) is 0 Å². The molecule has 6 nitrogen and oxygen atoms in total. The van der Waals surface area contributed by atoms with Crippen LogP contribution in [0.1, 0.15) is 36.4 Å². The second-order valence-corrected chi connectivity index (χ2v) is 7.23. The number of amides is 1. The molecule has 6 heteroatoms. The van der Waals surface area contributed by atoms with Crippen LogP contribution in [0.15, 0.2) is 54.6 Å². The van der Waals surface area contributed by atoms with Gasteiger partial charge < -0.3 is 10.2 Å². The number of nitrogens with one attached hydrogen (secondary N) is 1. The van der Waals surface area contributed by atoms with Crippen molar-refractivity contribution in [3.05, 3.63) is 65.9 Å². The number of piperidine rings is 1. The van der Waals surface area contributed by atoms with Gasteiger partial charge in [0, 0.05) is 19.6 Å². The zero-order chi connectivity index (χ0) is 20.1. The van der Waals surface area contributed by atoms with Crippen LogP contribution < -0.4 is 10.2 Å². The van der Waals surface area contributed by atoms with Crippen molar-refractivity contribution < 1.29 is 4.79 Å². The number of nitrogens with zero attached hydrogens (tertiary/aromatic N) is 4. The van der Waals surface area contributed by atoms with Gasteiger partial charge in [0.25, 0.3) is 0 Å². The predicted octanol–water partition coefficient (Wildman–Crippen LogP) is 3.54. The normalized spacial score (nSPS) is 14.9. The van der Waals surface area contributed by atoms with E-state index in [4.69, 9.17) is 9.97 Å². The summed E-state index contributed by atoms with van der Waals surface area (Å²) >= 11 is 0. The Hall–Kier alpha value is -3.46. The van der Waals surface area contributed by atoms with Crippen LogP contribution in [0.5, 0.6) is 0 Å². The molecule has 4 rings (SSSR count). The number of hydrogen-bond acceptors (Lipinski definition) is 5. The Labute approximate surface area is 170 Å². The van der Waals surface area contributed by atoms with Gasteiger partial charge in [-0.15, -0.1) is 0 Å². The van der Waals surface area contributed by atoms with E-state index in [1.165, 1.54) is 6.42 Å². The second kappa shape index (κ2) is 8.70. The number of fused-ring (bicyclic) bond motifs is 1. The molecule has 0 bridgehead atoms. The monoisotopic (exact) mass is 385 g/mol. The van der Waals surface area contributed by atoms with Gasteiger partial charge in [-0.1, -0.05) is 42.5 Å². The fourth-order valence-electron chi connectivity index (χ4n) is 3.67. The summed E-state index contributed by atoms with van der Waals surface area (Å²) in [5.41, 5.74) is 2.90. The van der Waals surface area contributed by atoms with Crippen molar-refractivity contribution in [1.29, 1.82) is 5.26 Å². The summed E-state index contributed by atoms with van der Waals surface area (Å²) < 4.78 is 0. The zero-order valence-electron chi connectivity index (χ0n) is 16.2. The predicted molar refractivity (Wildman–Crippen MR) is 112 cm³/mol. The smallest absolute Gasteiger partial charge is 0.243 e. The van der Waals surface area contributed by atoms with E-state index in [9.17, 15) is 10.1 Å². The van der Waals surface area contributed by atoms with Crippen LogP contribution >= 0.6 is 0 Å². The molecule has 1 atom stereocenters. The first-order valence-corrected chi connectivity index (χ1v) is 9.99. The molecule has 0 radical (unpaired) electrons. The van der Waals surface area contributed by atoms with Crippen molar-refractivity contribution in [2.75, 3.05) is 18.0 Å². The summed E-state index contributed by atoms with van der Waals surface area (Å²) in [7, 11) is 0. The van der Waals surface area contributed by atoms with Gasteiger partial charge in [-0.25, -0.2) is 9.97 Å². The Morgan fingerprint density at radius 2 is 1.66 bits per heavy atom. The number of nitriles is 1. The quantitative estimate of drug-likeness (QED) is 0.726. The lowest BCUT2D eigenvalue weighted by molar-refractivity contribution is -0.121. The average Bonchev–Trinajstić information content (AvgIpc) is 2.79. The number of aromatic nitrogens is 2. The summed E-state index contributed by atoms with van der Waals surface area (Å²) in [6.07, 6.45) is 3.34. The first-order chi connectivity index (χ1) is 14.3. The lowest BCUT2D eigenvalue weighted by atomic mass is 10.0. The molecule has 1 amide bonds. The van der Waals surface area contributed by atoms with E-state index >= 15 is 0 Å². The maximum Gasteiger partial charge on any atom is 0.243 e. The Morgan fingerprint density at radius 3 is 2.34 bits per heavy atom. The molecule has 3 aromatic rings. The van der Waals surface area contributed by atoms with Crippen LogP contribution in [0.25, 0.3) is 11.0 Å². The fraction of sp³-hybridized carbons (Fsp3) is 0.304. The summed E-state index contributed by atoms with van der Waals surface area (Å²) in [4.78, 5) is 24.6. The van der Waals surface area contributed by atoms with Gasteiger partial charge in [-0.05, 0) is 37.0 Å². The highest BCUT2D eigenvalue weighted by atomic mass is 16.1. The summed E-state index contributed by atoms with van der Waals surface area (Å²) in [5, 5.41) is 12.7. The van der Waals surface area contributed by atoms with Crippen molar-refractivity contribution in [2.45, 2.75) is 31.7 Å². The summed E-state index contributed by atoms with van der Waals surface area (Å²) in [5.74, 6) is -0.697. The van der Waals surface area contributed by atoms with E-state index < -0.39 is 5.92 Å². The molecule has 2 heterocycles. The molecule has 0 saturated carbocycles. The van der Waals surface area contributed by atoms with E-state index in [1.807, 2.05) is 54.6 Å². The van der Waals surface area contributed by atoms with Crippen LogP contribution in [0.2, 0.25) is 0 Å². The van der Waals surface area contributed by atoms with E-state index in [2.05, 4.69) is 16.3 Å². The Morgan fingerprint density at radius 1 is 1.00 bits per heavy atom. The van der Waals surface area contributed by atoms with Crippen LogP contribution in [-0.2, 0) is 11.3 Å². The first kappa shape index (κ1) is 18.9. The molecule has 29 heavy (non-hydrogen) atoms. The van der Waals surface area contributed by atoms with E-state index in [0.29, 0.717) is 23.6 Å². The number of para-hydroxylation sites is 2. The SMILES string of the molecule is N#C[C@@H](C(=O)NCc1ccccc1)c1nc2ccccc2nc1N1CCCCC1. The van der Waals surface area contributed by atoms with Crippen LogP contribution in [-0.4, -0.2) is 29.0 Å². The number of hydrogen-bond donors (Lipinski definition) is 1. The average molecular weight is 385 g/mol. The van der Waals surface area contributed by atoms with Gasteiger partial charge in [0.1, 0.15) is 5.69 Å². The van der Waals surface area contributed by atoms with Crippen molar-refractivity contribution in [2.24, 2.45) is 0 Å². The highest BCUT2D eigenvalue weighted by Crippen LogP contribution is 2.29. The molecule has 1 aromatic heterocycles. The second-order valence-electron chi connectivity index (χ2n) is 7.23. The number of carbonyl (C=O) groups excluding carboxylic acids is 1. The van der Waals surface area contributed by atoms with Gasteiger partial charge in [-0.3, -0.25) is 4.79 Å². The van der Waals surface area contributed by atoms with Crippen molar-refractivity contribution in [3.63, 3.8) is 0 Å². The molecular formula is C23H23N5O. The number of anilines is 1. The fourth-order valence-corrected chi connectivity index (χ4v) is 3.67. The molecule has 1 fully saturated rings. The van der Waals surface area contributed by atoms with Gasteiger partial charge in [0.2, 0.25) is 5.91 Å². The third-order valence-electron chi connectivity index (χ3n) is 5.21. The van der Waals surface area contributed by atoms with Gasteiger partial charge in [-0.2, -0.15) is 5.26 Å². The van der Waals surface area contributed by atoms with Gasteiger partial charge >= 0.3 is 0 Å². The molecule has 0 aliphatic carbocycles. The first-order valence-electron chi connectivity index (χ1n) is 9.99. The van der Waals surface area contributed by atoms with Crippen LogP contribution in [0, 0.1) is 11.3 Å². The van der Waals surface area contributed by atoms with Crippen molar-refractivity contribution in [3.8, 4) is 6.07 Å². The minimum atomic E-state index is -1.01. The molecule has 1 aliphatic heterocycles. The largest absolute Gasteiger partial charge is 0.355 e. The van der Waals surface area contributed by atoms with Crippen LogP contribution in [0.4, 0.5) is 5.82 Å². The molecule has 2 aromatic carbocycles. The van der Waals surface area contributed by atoms with Gasteiger partial charge in [0.05, 0.1) is 17.1 Å².